The number of rotatable bonds is 3. The first-order valence-corrected chi connectivity index (χ1v) is 7.16. The lowest BCUT2D eigenvalue weighted by molar-refractivity contribution is 0.884. The summed E-state index contributed by atoms with van der Waals surface area (Å²) in [6.45, 7) is 4.09. The molecule has 3 aromatic rings. The smallest absolute Gasteiger partial charge is 0.323 e. The van der Waals surface area contributed by atoms with Crippen molar-refractivity contribution < 1.29 is 0 Å². The van der Waals surface area contributed by atoms with Crippen LogP contribution in [0.1, 0.15) is 24.1 Å². The largest absolute Gasteiger partial charge is 0.377 e. The number of H-pyrrole nitrogens is 2. The van der Waals surface area contributed by atoms with Crippen molar-refractivity contribution in [2.24, 2.45) is 0 Å². The quantitative estimate of drug-likeness (QED) is 0.685. The van der Waals surface area contributed by atoms with Gasteiger partial charge >= 0.3 is 5.69 Å². The Labute approximate surface area is 127 Å². The van der Waals surface area contributed by atoms with Crippen LogP contribution in [0.4, 0.5) is 5.69 Å². The lowest BCUT2D eigenvalue weighted by atomic mass is 10.1. The molecular formula is C16H16ClN3O. The van der Waals surface area contributed by atoms with Crippen molar-refractivity contribution in [2.75, 3.05) is 5.32 Å². The summed E-state index contributed by atoms with van der Waals surface area (Å²) in [4.78, 5) is 16.8. The summed E-state index contributed by atoms with van der Waals surface area (Å²) in [5.41, 5.74) is 4.55. The summed E-state index contributed by atoms with van der Waals surface area (Å²) in [5.74, 6) is 0. The molecule has 1 heterocycles. The first-order valence-electron chi connectivity index (χ1n) is 6.78. The Hall–Kier alpha value is -2.20. The van der Waals surface area contributed by atoms with Crippen LogP contribution in [-0.2, 0) is 0 Å². The lowest BCUT2D eigenvalue weighted by Gasteiger charge is -2.18. The minimum absolute atomic E-state index is 0.0754. The van der Waals surface area contributed by atoms with Crippen LogP contribution in [0.2, 0.25) is 5.02 Å². The Bertz CT molecular complexity index is 830. The number of aromatic amines is 2. The van der Waals surface area contributed by atoms with Crippen molar-refractivity contribution in [1.29, 1.82) is 0 Å². The van der Waals surface area contributed by atoms with Gasteiger partial charge in [0.1, 0.15) is 0 Å². The van der Waals surface area contributed by atoms with Gasteiger partial charge in [0.15, 0.2) is 0 Å². The number of aryl methyl sites for hydroxylation is 1. The van der Waals surface area contributed by atoms with E-state index < -0.39 is 0 Å². The number of hydrogen-bond donors (Lipinski definition) is 3. The molecule has 108 valence electrons. The zero-order valence-corrected chi connectivity index (χ0v) is 12.6. The summed E-state index contributed by atoms with van der Waals surface area (Å²) >= 11 is 6.24. The SMILES string of the molecule is Cc1cccc(Cl)c1NC(C)c1ccc2[nH]c(=O)[nH]c2c1. The molecular weight excluding hydrogens is 286 g/mol. The van der Waals surface area contributed by atoms with Crippen molar-refractivity contribution in [2.45, 2.75) is 19.9 Å². The second kappa shape index (κ2) is 5.30. The standard InChI is InChI=1S/C16H16ClN3O/c1-9-4-3-5-12(17)15(9)18-10(2)11-6-7-13-14(8-11)20-16(21)19-13/h3-8,10,18H,1-2H3,(H2,19,20,21). The van der Waals surface area contributed by atoms with Crippen LogP contribution in [-0.4, -0.2) is 9.97 Å². The van der Waals surface area contributed by atoms with Gasteiger partial charge in [0.2, 0.25) is 0 Å². The molecule has 0 amide bonds. The van der Waals surface area contributed by atoms with Gasteiger partial charge in [0, 0.05) is 6.04 Å². The monoisotopic (exact) mass is 301 g/mol. The minimum Gasteiger partial charge on any atom is -0.377 e. The van der Waals surface area contributed by atoms with Crippen molar-refractivity contribution in [3.05, 3.63) is 63.0 Å². The molecule has 21 heavy (non-hydrogen) atoms. The fraction of sp³-hybridized carbons (Fsp3) is 0.188. The number of imidazole rings is 1. The molecule has 0 bridgehead atoms. The second-order valence-corrected chi connectivity index (χ2v) is 5.59. The molecule has 5 heteroatoms. The van der Waals surface area contributed by atoms with Gasteiger partial charge in [0.05, 0.1) is 21.7 Å². The maximum absolute atomic E-state index is 11.3. The Kier molecular flexibility index (Phi) is 3.47. The van der Waals surface area contributed by atoms with Gasteiger partial charge in [-0.25, -0.2) is 4.79 Å². The Morgan fingerprint density at radius 3 is 2.67 bits per heavy atom. The molecule has 1 atom stereocenters. The van der Waals surface area contributed by atoms with E-state index in [1.54, 1.807) is 0 Å². The van der Waals surface area contributed by atoms with Gasteiger partial charge in [-0.15, -0.1) is 0 Å². The van der Waals surface area contributed by atoms with E-state index in [0.717, 1.165) is 27.8 Å². The van der Waals surface area contributed by atoms with Gasteiger partial charge in [-0.1, -0.05) is 29.8 Å². The van der Waals surface area contributed by atoms with Gasteiger partial charge in [-0.3, -0.25) is 0 Å². The first kappa shape index (κ1) is 13.8. The number of halogens is 1. The van der Waals surface area contributed by atoms with Gasteiger partial charge < -0.3 is 15.3 Å². The molecule has 0 fully saturated rings. The number of nitrogens with one attached hydrogen (secondary N) is 3. The van der Waals surface area contributed by atoms with E-state index >= 15 is 0 Å². The number of anilines is 1. The Morgan fingerprint density at radius 1 is 1.14 bits per heavy atom. The van der Waals surface area contributed by atoms with Crippen molar-refractivity contribution in [1.82, 2.24) is 9.97 Å². The van der Waals surface area contributed by atoms with Crippen molar-refractivity contribution >= 4 is 28.3 Å². The molecule has 2 aromatic carbocycles. The fourth-order valence-electron chi connectivity index (χ4n) is 2.43. The summed E-state index contributed by atoms with van der Waals surface area (Å²) in [6, 6.07) is 11.8. The number of benzene rings is 2. The zero-order chi connectivity index (χ0) is 15.0. The topological polar surface area (TPSA) is 60.7 Å². The molecule has 1 unspecified atom stereocenters. The molecule has 1 aromatic heterocycles. The number of para-hydroxylation sites is 1. The number of hydrogen-bond acceptors (Lipinski definition) is 2. The summed E-state index contributed by atoms with van der Waals surface area (Å²) < 4.78 is 0. The van der Waals surface area contributed by atoms with Gasteiger partial charge in [-0.05, 0) is 43.2 Å². The van der Waals surface area contributed by atoms with Crippen LogP contribution in [0.3, 0.4) is 0 Å². The maximum Gasteiger partial charge on any atom is 0.323 e. The first-order chi connectivity index (χ1) is 10.0. The predicted octanol–water partition coefficient (Wildman–Crippen LogP) is 3.99. The van der Waals surface area contributed by atoms with Crippen LogP contribution in [0.5, 0.6) is 0 Å². The fourth-order valence-corrected chi connectivity index (χ4v) is 2.71. The van der Waals surface area contributed by atoms with Crippen LogP contribution in [0.15, 0.2) is 41.2 Å². The third-order valence-electron chi connectivity index (χ3n) is 3.62. The van der Waals surface area contributed by atoms with Crippen LogP contribution in [0, 0.1) is 6.92 Å². The van der Waals surface area contributed by atoms with Crippen molar-refractivity contribution in [3.8, 4) is 0 Å². The molecule has 0 spiro atoms. The maximum atomic E-state index is 11.3. The average molecular weight is 302 g/mol. The van der Waals surface area contributed by atoms with E-state index in [1.807, 2.05) is 43.3 Å². The van der Waals surface area contributed by atoms with E-state index in [0.29, 0.717) is 5.02 Å². The molecule has 0 saturated carbocycles. The van der Waals surface area contributed by atoms with Gasteiger partial charge in [-0.2, -0.15) is 0 Å². The number of aromatic nitrogens is 2. The molecule has 3 rings (SSSR count). The highest BCUT2D eigenvalue weighted by atomic mass is 35.5. The summed E-state index contributed by atoms with van der Waals surface area (Å²) in [5, 5.41) is 4.14. The van der Waals surface area contributed by atoms with E-state index in [1.165, 1.54) is 0 Å². The molecule has 0 aliphatic heterocycles. The molecule has 0 saturated heterocycles. The minimum atomic E-state index is -0.190. The van der Waals surface area contributed by atoms with Crippen LogP contribution < -0.4 is 11.0 Å². The summed E-state index contributed by atoms with van der Waals surface area (Å²) in [6.07, 6.45) is 0. The average Bonchev–Trinajstić information content (AvgIpc) is 2.81. The summed E-state index contributed by atoms with van der Waals surface area (Å²) in [7, 11) is 0. The zero-order valence-electron chi connectivity index (χ0n) is 11.8. The molecule has 3 N–H and O–H groups in total. The molecule has 0 aliphatic rings. The third-order valence-corrected chi connectivity index (χ3v) is 3.94. The normalized spacial score (nSPS) is 12.5. The highest BCUT2D eigenvalue weighted by molar-refractivity contribution is 6.33. The molecule has 0 radical (unpaired) electrons. The van der Waals surface area contributed by atoms with E-state index in [2.05, 4.69) is 22.2 Å². The van der Waals surface area contributed by atoms with Crippen LogP contribution in [0.25, 0.3) is 11.0 Å². The Morgan fingerprint density at radius 2 is 1.90 bits per heavy atom. The third kappa shape index (κ3) is 2.67. The lowest BCUT2D eigenvalue weighted by Crippen LogP contribution is -2.08. The van der Waals surface area contributed by atoms with E-state index in [4.69, 9.17) is 11.6 Å². The van der Waals surface area contributed by atoms with E-state index in [-0.39, 0.29) is 11.7 Å². The van der Waals surface area contributed by atoms with E-state index in [9.17, 15) is 4.79 Å². The number of fused-ring (bicyclic) bond motifs is 1. The highest BCUT2D eigenvalue weighted by Crippen LogP contribution is 2.29. The van der Waals surface area contributed by atoms with Crippen LogP contribution >= 0.6 is 11.6 Å². The Balaban J connectivity index is 1.93. The molecule has 4 nitrogen and oxygen atoms in total. The van der Waals surface area contributed by atoms with Gasteiger partial charge in [0.25, 0.3) is 0 Å². The highest BCUT2D eigenvalue weighted by Gasteiger charge is 2.11. The van der Waals surface area contributed by atoms with Crippen molar-refractivity contribution in [3.63, 3.8) is 0 Å². The molecule has 0 aliphatic carbocycles. The second-order valence-electron chi connectivity index (χ2n) is 5.18. The predicted molar refractivity (Wildman–Crippen MR) is 87.1 cm³/mol.